The van der Waals surface area contributed by atoms with E-state index < -0.39 is 17.6 Å². The zero-order chi connectivity index (χ0) is 35.1. The Labute approximate surface area is 283 Å². The molecule has 3 aromatic carbocycles. The first-order valence-corrected chi connectivity index (χ1v) is 15.9. The van der Waals surface area contributed by atoms with Gasteiger partial charge in [-0.15, -0.1) is 0 Å². The van der Waals surface area contributed by atoms with Crippen molar-refractivity contribution in [1.29, 1.82) is 0 Å². The number of rotatable bonds is 8. The summed E-state index contributed by atoms with van der Waals surface area (Å²) in [6.07, 6.45) is -1.10. The number of nitrogens with one attached hydrogen (secondary N) is 3. The van der Waals surface area contributed by atoms with Crippen molar-refractivity contribution in [2.75, 3.05) is 49.2 Å². The second-order valence-electron chi connectivity index (χ2n) is 12.0. The Morgan fingerprint density at radius 3 is 2.33 bits per heavy atom. The molecular formula is C37H38F3N7O2. The van der Waals surface area contributed by atoms with Crippen molar-refractivity contribution in [2.45, 2.75) is 39.9 Å². The fraction of sp³-hybridized carbons (Fsp3) is 0.297. The number of nitrogens with zero attached hydrogens (tertiary/aromatic N) is 4. The van der Waals surface area contributed by atoms with Crippen LogP contribution < -0.4 is 16.0 Å². The Bertz CT molecular complexity index is 1890. The highest BCUT2D eigenvalue weighted by atomic mass is 19.4. The molecule has 0 aliphatic carbocycles. The standard InChI is InChI=1S/C37H38F3N7O2/c1-5-33(48)44-32-8-6-7-25(3)34(32)45-36-41-21-26(22-42-36)10-12-27-19-28(11-9-24(27)2)35(49)43-30-14-13-29(31(20-30)37(38,39)40)23-47-17-15-46(4)16-18-47/h6-9,11,13-14,19-22H,5,15-18,23H2,1-4H3,(H,43,49)(H,44,48)(H,41,42,45). The van der Waals surface area contributed by atoms with Gasteiger partial charge in [-0.05, 0) is 67.9 Å². The lowest BCUT2D eigenvalue weighted by Gasteiger charge is -2.33. The number of likely N-dealkylation sites (N-methyl/N-ethyl adjacent to an activating group) is 1. The first-order valence-electron chi connectivity index (χ1n) is 15.9. The smallest absolute Gasteiger partial charge is 0.324 e. The van der Waals surface area contributed by atoms with E-state index >= 15 is 0 Å². The van der Waals surface area contributed by atoms with Crippen molar-refractivity contribution in [3.05, 3.63) is 106 Å². The number of anilines is 4. The Kier molecular flexibility index (Phi) is 11.0. The summed E-state index contributed by atoms with van der Waals surface area (Å²) in [6.45, 7) is 8.70. The number of hydrogen-bond acceptors (Lipinski definition) is 7. The fourth-order valence-corrected chi connectivity index (χ4v) is 5.29. The highest BCUT2D eigenvalue weighted by molar-refractivity contribution is 6.04. The molecule has 0 radical (unpaired) electrons. The van der Waals surface area contributed by atoms with Crippen molar-refractivity contribution in [3.8, 4) is 11.8 Å². The molecule has 3 N–H and O–H groups in total. The van der Waals surface area contributed by atoms with Crippen LogP contribution in [0.1, 0.15) is 57.1 Å². The van der Waals surface area contributed by atoms with E-state index in [0.717, 1.165) is 30.3 Å². The van der Waals surface area contributed by atoms with E-state index in [1.807, 2.05) is 37.9 Å². The van der Waals surface area contributed by atoms with Gasteiger partial charge in [0.25, 0.3) is 5.91 Å². The third-order valence-corrected chi connectivity index (χ3v) is 8.26. The number of para-hydroxylation sites is 1. The quantitative estimate of drug-likeness (QED) is 0.182. The molecule has 1 aromatic heterocycles. The molecule has 2 amide bonds. The van der Waals surface area contributed by atoms with Crippen LogP contribution in [0.3, 0.4) is 0 Å². The maximum absolute atomic E-state index is 14.1. The average Bonchev–Trinajstić information content (AvgIpc) is 3.07. The molecule has 0 saturated carbocycles. The van der Waals surface area contributed by atoms with Gasteiger partial charge in [0.1, 0.15) is 0 Å². The minimum absolute atomic E-state index is 0.0593. The highest BCUT2D eigenvalue weighted by Crippen LogP contribution is 2.35. The number of amides is 2. The number of piperazine rings is 1. The number of carbonyl (C=O) groups is 2. The number of hydrogen-bond donors (Lipinski definition) is 3. The maximum Gasteiger partial charge on any atom is 0.416 e. The molecule has 1 aliphatic rings. The normalized spacial score (nSPS) is 13.7. The van der Waals surface area contributed by atoms with Crippen molar-refractivity contribution in [2.24, 2.45) is 0 Å². The molecule has 0 unspecified atom stereocenters. The summed E-state index contributed by atoms with van der Waals surface area (Å²) in [6, 6.07) is 14.4. The van der Waals surface area contributed by atoms with Crippen LogP contribution in [0.25, 0.3) is 0 Å². The van der Waals surface area contributed by atoms with E-state index in [1.54, 1.807) is 43.6 Å². The third-order valence-electron chi connectivity index (χ3n) is 8.26. The first kappa shape index (κ1) is 35.1. The molecule has 12 heteroatoms. The maximum atomic E-state index is 14.1. The molecule has 49 heavy (non-hydrogen) atoms. The van der Waals surface area contributed by atoms with E-state index in [1.165, 1.54) is 12.1 Å². The second-order valence-corrected chi connectivity index (χ2v) is 12.0. The largest absolute Gasteiger partial charge is 0.416 e. The summed E-state index contributed by atoms with van der Waals surface area (Å²) in [5.41, 5.74) is 3.86. The Hall–Kier alpha value is -5.25. The Balaban J connectivity index is 1.28. The van der Waals surface area contributed by atoms with Crippen LogP contribution in [0.5, 0.6) is 0 Å². The van der Waals surface area contributed by atoms with Gasteiger partial charge in [-0.25, -0.2) is 9.97 Å². The molecule has 9 nitrogen and oxygen atoms in total. The van der Waals surface area contributed by atoms with Gasteiger partial charge in [-0.3, -0.25) is 14.5 Å². The zero-order valence-corrected chi connectivity index (χ0v) is 27.8. The number of alkyl halides is 3. The van der Waals surface area contributed by atoms with Crippen LogP contribution in [0.4, 0.5) is 36.2 Å². The summed E-state index contributed by atoms with van der Waals surface area (Å²) < 4.78 is 42.2. The summed E-state index contributed by atoms with van der Waals surface area (Å²) in [4.78, 5) is 38.0. The number of aromatic nitrogens is 2. The molecule has 1 aliphatic heterocycles. The summed E-state index contributed by atoms with van der Waals surface area (Å²) in [5.74, 6) is 5.72. The lowest BCUT2D eigenvalue weighted by Crippen LogP contribution is -2.44. The van der Waals surface area contributed by atoms with Crippen molar-refractivity contribution in [3.63, 3.8) is 0 Å². The molecule has 254 valence electrons. The molecule has 2 heterocycles. The van der Waals surface area contributed by atoms with Gasteiger partial charge in [-0.1, -0.05) is 43.0 Å². The van der Waals surface area contributed by atoms with Crippen LogP contribution in [0, 0.1) is 25.7 Å². The molecular weight excluding hydrogens is 631 g/mol. The number of carbonyl (C=O) groups excluding carboxylic acids is 2. The summed E-state index contributed by atoms with van der Waals surface area (Å²) in [5, 5.41) is 8.65. The molecule has 4 aromatic rings. The summed E-state index contributed by atoms with van der Waals surface area (Å²) >= 11 is 0. The average molecular weight is 670 g/mol. The predicted octanol–water partition coefficient (Wildman–Crippen LogP) is 6.60. The molecule has 1 saturated heterocycles. The van der Waals surface area contributed by atoms with Crippen molar-refractivity contribution < 1.29 is 22.8 Å². The van der Waals surface area contributed by atoms with Crippen LogP contribution >= 0.6 is 0 Å². The molecule has 0 bridgehead atoms. The van der Waals surface area contributed by atoms with Crippen LogP contribution in [0.2, 0.25) is 0 Å². The third kappa shape index (κ3) is 9.22. The van der Waals surface area contributed by atoms with Gasteiger partial charge >= 0.3 is 6.18 Å². The van der Waals surface area contributed by atoms with Crippen LogP contribution in [-0.2, 0) is 17.5 Å². The lowest BCUT2D eigenvalue weighted by molar-refractivity contribution is -0.138. The zero-order valence-electron chi connectivity index (χ0n) is 27.8. The first-order chi connectivity index (χ1) is 23.4. The Morgan fingerprint density at radius 2 is 1.63 bits per heavy atom. The molecule has 0 atom stereocenters. The van der Waals surface area contributed by atoms with E-state index in [4.69, 9.17) is 0 Å². The SMILES string of the molecule is CCC(=O)Nc1cccc(C)c1Nc1ncc(C#Cc2cc(C(=O)Nc3ccc(CN4CCN(C)CC4)c(C(F)(F)F)c3)ccc2C)cn1. The monoisotopic (exact) mass is 669 g/mol. The predicted molar refractivity (Wildman–Crippen MR) is 185 cm³/mol. The van der Waals surface area contributed by atoms with Gasteiger partial charge in [0, 0.05) is 68.4 Å². The van der Waals surface area contributed by atoms with Gasteiger partial charge in [0.2, 0.25) is 11.9 Å². The Morgan fingerprint density at radius 1 is 0.898 bits per heavy atom. The van der Waals surface area contributed by atoms with Gasteiger partial charge in [0.15, 0.2) is 0 Å². The van der Waals surface area contributed by atoms with Gasteiger partial charge < -0.3 is 20.9 Å². The molecule has 0 spiro atoms. The highest BCUT2D eigenvalue weighted by Gasteiger charge is 2.34. The van der Waals surface area contributed by atoms with Crippen LogP contribution in [-0.4, -0.2) is 64.8 Å². The minimum atomic E-state index is -4.57. The van der Waals surface area contributed by atoms with E-state index in [0.29, 0.717) is 48.0 Å². The van der Waals surface area contributed by atoms with Crippen molar-refractivity contribution in [1.82, 2.24) is 19.8 Å². The minimum Gasteiger partial charge on any atom is -0.324 e. The van der Waals surface area contributed by atoms with Crippen molar-refractivity contribution >= 4 is 34.8 Å². The number of halogens is 3. The van der Waals surface area contributed by atoms with Gasteiger partial charge in [-0.2, -0.15) is 13.2 Å². The van der Waals surface area contributed by atoms with E-state index in [2.05, 4.69) is 42.7 Å². The molecule has 5 rings (SSSR count). The topological polar surface area (TPSA) is 102 Å². The van der Waals surface area contributed by atoms with E-state index in [9.17, 15) is 22.8 Å². The van der Waals surface area contributed by atoms with E-state index in [-0.39, 0.29) is 29.3 Å². The number of aryl methyl sites for hydroxylation is 2. The fourth-order valence-electron chi connectivity index (χ4n) is 5.29. The molecule has 1 fully saturated rings. The second kappa shape index (κ2) is 15.3. The lowest BCUT2D eigenvalue weighted by atomic mass is 10.0. The summed E-state index contributed by atoms with van der Waals surface area (Å²) in [7, 11) is 1.99. The van der Waals surface area contributed by atoms with Crippen LogP contribution in [0.15, 0.2) is 67.0 Å². The van der Waals surface area contributed by atoms with Gasteiger partial charge in [0.05, 0.1) is 22.5 Å². The number of benzene rings is 3.